The molecule has 2 aliphatic heterocycles. The molecule has 1 aromatic carbocycles. The lowest BCUT2D eigenvalue weighted by molar-refractivity contribution is -0.102. The third kappa shape index (κ3) is 3.59. The van der Waals surface area contributed by atoms with Gasteiger partial charge in [-0.3, -0.25) is 4.57 Å². The highest BCUT2D eigenvalue weighted by Gasteiger charge is 2.21. The van der Waals surface area contributed by atoms with E-state index in [0.29, 0.717) is 38.9 Å². The molecule has 3 aromatic rings. The molecule has 1 atom stereocenters. The number of aromatic nitrogens is 2. The summed E-state index contributed by atoms with van der Waals surface area (Å²) >= 11 is 0. The first kappa shape index (κ1) is 18.1. The summed E-state index contributed by atoms with van der Waals surface area (Å²) in [5, 5.41) is 0. The molecule has 29 heavy (non-hydrogen) atoms. The Balaban J connectivity index is 1.44. The Morgan fingerprint density at radius 2 is 2.14 bits per heavy atom. The first-order valence-electron chi connectivity index (χ1n) is 9.81. The van der Waals surface area contributed by atoms with Gasteiger partial charge in [0.05, 0.1) is 25.5 Å². The van der Waals surface area contributed by atoms with Crippen LogP contribution in [0.3, 0.4) is 0 Å². The first-order valence-corrected chi connectivity index (χ1v) is 9.81. The number of fused-ring (bicyclic) bond motifs is 3. The number of benzene rings is 1. The van der Waals surface area contributed by atoms with E-state index in [4.69, 9.17) is 18.6 Å². The first-order chi connectivity index (χ1) is 14.2. The second kappa shape index (κ2) is 7.50. The van der Waals surface area contributed by atoms with Crippen molar-refractivity contribution in [3.8, 4) is 28.5 Å². The quantitative estimate of drug-likeness (QED) is 0.677. The van der Waals surface area contributed by atoms with Gasteiger partial charge in [-0.15, -0.1) is 0 Å². The lowest BCUT2D eigenvalue weighted by atomic mass is 9.95. The van der Waals surface area contributed by atoms with Crippen LogP contribution in [0.2, 0.25) is 0 Å². The molecule has 4 heterocycles. The fraction of sp³-hybridized carbons (Fsp3) is 0.364. The van der Waals surface area contributed by atoms with Gasteiger partial charge in [0.25, 0.3) is 0 Å². The zero-order chi connectivity index (χ0) is 19.8. The Labute approximate surface area is 167 Å². The molecule has 7 heteroatoms. The number of nitrogens with zero attached hydrogens (tertiary/aromatic N) is 2. The molecule has 0 saturated carbocycles. The van der Waals surface area contributed by atoms with Gasteiger partial charge in [0, 0.05) is 23.7 Å². The number of aryl methyl sites for hydroxylation is 2. The summed E-state index contributed by atoms with van der Waals surface area (Å²) in [4.78, 5) is 16.6. The molecular formula is C22H22N2O5. The number of furan rings is 1. The molecule has 5 rings (SSSR count). The van der Waals surface area contributed by atoms with Crippen molar-refractivity contribution in [1.29, 1.82) is 0 Å². The van der Waals surface area contributed by atoms with Crippen molar-refractivity contribution in [3.05, 3.63) is 58.2 Å². The Morgan fingerprint density at radius 1 is 1.21 bits per heavy atom. The van der Waals surface area contributed by atoms with Crippen LogP contribution < -0.4 is 10.4 Å². The molecule has 7 nitrogen and oxygen atoms in total. The van der Waals surface area contributed by atoms with E-state index in [1.165, 1.54) is 5.56 Å². The molecule has 2 aromatic heterocycles. The zero-order valence-electron chi connectivity index (χ0n) is 16.2. The second-order valence-corrected chi connectivity index (χ2v) is 7.32. The summed E-state index contributed by atoms with van der Waals surface area (Å²) in [6.07, 6.45) is 0.626. The maximum absolute atomic E-state index is 12.5. The van der Waals surface area contributed by atoms with Gasteiger partial charge in [-0.2, -0.15) is 4.98 Å². The minimum Gasteiger partial charge on any atom is -0.475 e. The molecule has 1 saturated heterocycles. The fourth-order valence-corrected chi connectivity index (χ4v) is 3.83. The van der Waals surface area contributed by atoms with Gasteiger partial charge in [0.15, 0.2) is 0 Å². The standard InChI is InChI=1S/C22H22N2O5/c1-14-2-5-20(29-14)16-3-4-18-15(10-16)6-7-24-19(18)11-21(23-22(24)25)28-13-17-12-26-8-9-27-17/h2-5,10-11,17H,6-9,12-13H2,1H3. The molecule has 0 radical (unpaired) electrons. The van der Waals surface area contributed by atoms with Crippen molar-refractivity contribution in [2.24, 2.45) is 0 Å². The monoisotopic (exact) mass is 394 g/mol. The molecule has 2 aliphatic rings. The summed E-state index contributed by atoms with van der Waals surface area (Å²) in [6.45, 7) is 4.48. The lowest BCUT2D eigenvalue weighted by Crippen LogP contribution is -2.34. The number of hydrogen-bond donors (Lipinski definition) is 0. The van der Waals surface area contributed by atoms with Crippen LogP contribution in [0, 0.1) is 6.92 Å². The van der Waals surface area contributed by atoms with Gasteiger partial charge in [0.2, 0.25) is 5.88 Å². The third-order valence-corrected chi connectivity index (χ3v) is 5.30. The predicted octanol–water partition coefficient (Wildman–Crippen LogP) is 2.83. The molecule has 0 spiro atoms. The smallest absolute Gasteiger partial charge is 0.351 e. The number of rotatable bonds is 4. The van der Waals surface area contributed by atoms with E-state index in [1.54, 1.807) is 4.57 Å². The maximum atomic E-state index is 12.5. The molecule has 150 valence electrons. The van der Waals surface area contributed by atoms with Crippen LogP contribution in [0.4, 0.5) is 0 Å². The molecule has 1 fully saturated rings. The van der Waals surface area contributed by atoms with Crippen LogP contribution in [0.15, 0.2) is 45.6 Å². The van der Waals surface area contributed by atoms with Crippen LogP contribution in [0.1, 0.15) is 11.3 Å². The van der Waals surface area contributed by atoms with Gasteiger partial charge in [-0.25, -0.2) is 4.79 Å². The van der Waals surface area contributed by atoms with Crippen LogP contribution in [-0.4, -0.2) is 42.1 Å². The van der Waals surface area contributed by atoms with Crippen molar-refractivity contribution >= 4 is 0 Å². The number of ether oxygens (including phenoxy) is 3. The largest absolute Gasteiger partial charge is 0.475 e. The van der Waals surface area contributed by atoms with Gasteiger partial charge in [-0.05, 0) is 37.1 Å². The normalized spacial score (nSPS) is 18.2. The van der Waals surface area contributed by atoms with E-state index in [9.17, 15) is 4.79 Å². The SMILES string of the molecule is Cc1ccc(-c2ccc3c(c2)CCn2c-3cc(OCC3COCCO3)nc2=O)o1. The topological polar surface area (TPSA) is 75.7 Å². The highest BCUT2D eigenvalue weighted by atomic mass is 16.6. The molecule has 0 aliphatic carbocycles. The van der Waals surface area contributed by atoms with Crippen LogP contribution in [-0.2, 0) is 22.4 Å². The minimum absolute atomic E-state index is 0.143. The zero-order valence-corrected chi connectivity index (χ0v) is 16.2. The highest BCUT2D eigenvalue weighted by molar-refractivity contribution is 5.71. The minimum atomic E-state index is -0.297. The Bertz CT molecular complexity index is 1090. The third-order valence-electron chi connectivity index (χ3n) is 5.30. The average molecular weight is 394 g/mol. The summed E-state index contributed by atoms with van der Waals surface area (Å²) in [6, 6.07) is 12.0. The molecule has 0 bridgehead atoms. The molecule has 0 amide bonds. The predicted molar refractivity (Wildman–Crippen MR) is 106 cm³/mol. The van der Waals surface area contributed by atoms with Crippen LogP contribution >= 0.6 is 0 Å². The fourth-order valence-electron chi connectivity index (χ4n) is 3.83. The van der Waals surface area contributed by atoms with Gasteiger partial charge < -0.3 is 18.6 Å². The van der Waals surface area contributed by atoms with Crippen LogP contribution in [0.5, 0.6) is 5.88 Å². The van der Waals surface area contributed by atoms with Gasteiger partial charge >= 0.3 is 5.69 Å². The van der Waals surface area contributed by atoms with E-state index < -0.39 is 0 Å². The van der Waals surface area contributed by atoms with E-state index in [1.807, 2.05) is 37.3 Å². The van der Waals surface area contributed by atoms with Crippen molar-refractivity contribution in [2.45, 2.75) is 26.0 Å². The second-order valence-electron chi connectivity index (χ2n) is 7.32. The van der Waals surface area contributed by atoms with Crippen molar-refractivity contribution in [2.75, 3.05) is 26.4 Å². The Kier molecular flexibility index (Phi) is 4.69. The highest BCUT2D eigenvalue weighted by Crippen LogP contribution is 2.33. The van der Waals surface area contributed by atoms with Crippen LogP contribution in [0.25, 0.3) is 22.6 Å². The maximum Gasteiger partial charge on any atom is 0.351 e. The van der Waals surface area contributed by atoms with E-state index in [2.05, 4.69) is 11.1 Å². The van der Waals surface area contributed by atoms with E-state index in [0.717, 1.165) is 34.8 Å². The summed E-state index contributed by atoms with van der Waals surface area (Å²) in [5.41, 5.74) is 3.76. The number of hydrogen-bond acceptors (Lipinski definition) is 6. The summed E-state index contributed by atoms with van der Waals surface area (Å²) in [7, 11) is 0. The van der Waals surface area contributed by atoms with Crippen molar-refractivity contribution in [1.82, 2.24) is 9.55 Å². The Morgan fingerprint density at radius 3 is 2.93 bits per heavy atom. The van der Waals surface area contributed by atoms with Crippen molar-refractivity contribution < 1.29 is 18.6 Å². The molecular weight excluding hydrogens is 372 g/mol. The van der Waals surface area contributed by atoms with Crippen molar-refractivity contribution in [3.63, 3.8) is 0 Å². The van der Waals surface area contributed by atoms with E-state index >= 15 is 0 Å². The molecule has 0 N–H and O–H groups in total. The summed E-state index contributed by atoms with van der Waals surface area (Å²) in [5.74, 6) is 2.05. The lowest BCUT2D eigenvalue weighted by Gasteiger charge is -2.24. The van der Waals surface area contributed by atoms with Gasteiger partial charge in [-0.1, -0.05) is 12.1 Å². The van der Waals surface area contributed by atoms with Gasteiger partial charge in [0.1, 0.15) is 24.2 Å². The molecule has 1 unspecified atom stereocenters. The van der Waals surface area contributed by atoms with E-state index in [-0.39, 0.29) is 11.8 Å². The Hall–Kier alpha value is -2.90. The average Bonchev–Trinajstić information content (AvgIpc) is 3.19. The summed E-state index contributed by atoms with van der Waals surface area (Å²) < 4.78 is 24.2.